The van der Waals surface area contributed by atoms with Crippen molar-refractivity contribution in [3.05, 3.63) is 12.2 Å². The molecular weight excluding hydrogens is 276 g/mol. The summed E-state index contributed by atoms with van der Waals surface area (Å²) in [5.74, 6) is -1.14. The summed E-state index contributed by atoms with van der Waals surface area (Å²) in [6.45, 7) is 2.26. The molecular formula is C19H36O3. The number of unbranched alkanes of at least 4 members (excludes halogenated alkanes) is 12. The van der Waals surface area contributed by atoms with Crippen molar-refractivity contribution >= 4 is 5.97 Å². The molecule has 0 rings (SSSR count). The van der Waals surface area contributed by atoms with Gasteiger partial charge in [0, 0.05) is 6.42 Å². The molecule has 0 spiro atoms. The van der Waals surface area contributed by atoms with Crippen LogP contribution < -0.4 is 0 Å². The van der Waals surface area contributed by atoms with Gasteiger partial charge in [-0.05, 0) is 12.8 Å². The van der Waals surface area contributed by atoms with Crippen LogP contribution in [0.4, 0.5) is 0 Å². The first-order valence-corrected chi connectivity index (χ1v) is 9.24. The number of rotatable bonds is 16. The molecule has 0 saturated carbocycles. The fraction of sp³-hybridized carbons (Fsp3) is 0.842. The van der Waals surface area contributed by atoms with E-state index in [2.05, 4.69) is 6.92 Å². The maximum Gasteiger partial charge on any atom is 0.332 e. The van der Waals surface area contributed by atoms with Crippen molar-refractivity contribution in [3.8, 4) is 0 Å². The third kappa shape index (κ3) is 15.6. The first-order chi connectivity index (χ1) is 10.7. The van der Waals surface area contributed by atoms with Gasteiger partial charge in [-0.1, -0.05) is 89.7 Å². The number of aliphatic hydroxyl groups is 1. The summed E-state index contributed by atoms with van der Waals surface area (Å²) in [6, 6.07) is 0. The molecule has 0 bridgehead atoms. The highest BCUT2D eigenvalue weighted by atomic mass is 16.4. The minimum absolute atomic E-state index is 0.216. The first kappa shape index (κ1) is 21.2. The molecule has 0 aromatic carbocycles. The average molecular weight is 312 g/mol. The van der Waals surface area contributed by atoms with Gasteiger partial charge < -0.3 is 10.2 Å². The minimum Gasteiger partial charge on any atom is -0.479 e. The lowest BCUT2D eigenvalue weighted by Gasteiger charge is -2.02. The molecule has 3 heteroatoms. The predicted octanol–water partition coefficient (Wildman–Crippen LogP) is 5.47. The fourth-order valence-electron chi connectivity index (χ4n) is 2.55. The maximum absolute atomic E-state index is 10.4. The predicted molar refractivity (Wildman–Crippen MR) is 93.1 cm³/mol. The van der Waals surface area contributed by atoms with Crippen LogP contribution in [-0.2, 0) is 4.79 Å². The SMILES string of the molecule is CCCCCCCCCCCCCC/C=C/CC(O)C(=O)O. The lowest BCUT2D eigenvalue weighted by molar-refractivity contribution is -0.146. The molecule has 0 aromatic rings. The van der Waals surface area contributed by atoms with E-state index in [1.807, 2.05) is 6.08 Å². The third-order valence-corrected chi connectivity index (χ3v) is 4.04. The van der Waals surface area contributed by atoms with Gasteiger partial charge in [0.05, 0.1) is 0 Å². The number of carbonyl (C=O) groups is 1. The van der Waals surface area contributed by atoms with Crippen molar-refractivity contribution in [1.82, 2.24) is 0 Å². The van der Waals surface area contributed by atoms with E-state index in [0.29, 0.717) is 0 Å². The normalized spacial score (nSPS) is 12.8. The summed E-state index contributed by atoms with van der Waals surface area (Å²) < 4.78 is 0. The van der Waals surface area contributed by atoms with Crippen LogP contribution >= 0.6 is 0 Å². The summed E-state index contributed by atoms with van der Waals surface area (Å²) in [5, 5.41) is 17.6. The van der Waals surface area contributed by atoms with Crippen LogP contribution in [0.1, 0.15) is 96.8 Å². The Bertz CT molecular complexity index is 274. The van der Waals surface area contributed by atoms with Crippen molar-refractivity contribution in [3.63, 3.8) is 0 Å². The van der Waals surface area contributed by atoms with E-state index < -0.39 is 12.1 Å². The van der Waals surface area contributed by atoms with Crippen LogP contribution in [0.25, 0.3) is 0 Å². The Labute approximate surface area is 136 Å². The van der Waals surface area contributed by atoms with Crippen LogP contribution in [0.2, 0.25) is 0 Å². The maximum atomic E-state index is 10.4. The zero-order valence-corrected chi connectivity index (χ0v) is 14.4. The topological polar surface area (TPSA) is 57.5 Å². The minimum atomic E-state index is -1.25. The van der Waals surface area contributed by atoms with Gasteiger partial charge in [0.25, 0.3) is 0 Å². The largest absolute Gasteiger partial charge is 0.479 e. The average Bonchev–Trinajstić information content (AvgIpc) is 2.50. The van der Waals surface area contributed by atoms with Gasteiger partial charge in [0.1, 0.15) is 0 Å². The lowest BCUT2D eigenvalue weighted by Crippen LogP contribution is -2.17. The highest BCUT2D eigenvalue weighted by Crippen LogP contribution is 2.12. The molecule has 0 aliphatic heterocycles. The van der Waals surface area contributed by atoms with Crippen LogP contribution in [0, 0.1) is 0 Å². The van der Waals surface area contributed by atoms with Gasteiger partial charge >= 0.3 is 5.97 Å². The Morgan fingerprint density at radius 1 is 0.818 bits per heavy atom. The van der Waals surface area contributed by atoms with E-state index in [-0.39, 0.29) is 6.42 Å². The zero-order valence-electron chi connectivity index (χ0n) is 14.4. The standard InChI is InChI=1S/C19H36O3/c1-2-3-4-5-6-7-8-9-10-11-12-13-14-15-16-17-18(20)19(21)22/h15-16,18,20H,2-14,17H2,1H3,(H,21,22)/b16-15+. The second-order valence-corrected chi connectivity index (χ2v) is 6.24. The van der Waals surface area contributed by atoms with E-state index in [4.69, 9.17) is 10.2 Å². The van der Waals surface area contributed by atoms with Crippen molar-refractivity contribution in [2.24, 2.45) is 0 Å². The van der Waals surface area contributed by atoms with Gasteiger partial charge in [0.2, 0.25) is 0 Å². The Kier molecular flexibility index (Phi) is 15.9. The molecule has 1 unspecified atom stereocenters. The van der Waals surface area contributed by atoms with Gasteiger partial charge in [-0.3, -0.25) is 0 Å². The fourth-order valence-corrected chi connectivity index (χ4v) is 2.55. The van der Waals surface area contributed by atoms with E-state index in [1.165, 1.54) is 70.6 Å². The van der Waals surface area contributed by atoms with Gasteiger partial charge in [0.15, 0.2) is 6.10 Å². The van der Waals surface area contributed by atoms with E-state index >= 15 is 0 Å². The van der Waals surface area contributed by atoms with Crippen molar-refractivity contribution in [1.29, 1.82) is 0 Å². The summed E-state index contributed by atoms with van der Waals surface area (Å²) >= 11 is 0. The third-order valence-electron chi connectivity index (χ3n) is 4.04. The molecule has 0 aliphatic rings. The van der Waals surface area contributed by atoms with Crippen molar-refractivity contribution in [2.75, 3.05) is 0 Å². The van der Waals surface area contributed by atoms with Crippen LogP contribution in [-0.4, -0.2) is 22.3 Å². The molecule has 2 N–H and O–H groups in total. The van der Waals surface area contributed by atoms with Gasteiger partial charge in [-0.2, -0.15) is 0 Å². The monoisotopic (exact) mass is 312 g/mol. The number of aliphatic hydroxyl groups excluding tert-OH is 1. The van der Waals surface area contributed by atoms with Gasteiger partial charge in [-0.25, -0.2) is 4.79 Å². The van der Waals surface area contributed by atoms with Crippen LogP contribution in [0.15, 0.2) is 12.2 Å². The van der Waals surface area contributed by atoms with Crippen LogP contribution in [0.5, 0.6) is 0 Å². The number of aliphatic carboxylic acids is 1. The summed E-state index contributed by atoms with van der Waals surface area (Å²) in [5.41, 5.74) is 0. The zero-order chi connectivity index (χ0) is 16.5. The molecule has 22 heavy (non-hydrogen) atoms. The second kappa shape index (κ2) is 16.5. The molecule has 0 heterocycles. The molecule has 0 fully saturated rings. The van der Waals surface area contributed by atoms with E-state index in [0.717, 1.165) is 12.8 Å². The Morgan fingerprint density at radius 3 is 1.73 bits per heavy atom. The molecule has 0 saturated heterocycles. The molecule has 0 aliphatic carbocycles. The molecule has 0 amide bonds. The Morgan fingerprint density at radius 2 is 1.27 bits per heavy atom. The molecule has 0 radical (unpaired) electrons. The smallest absolute Gasteiger partial charge is 0.332 e. The number of carboxylic acids is 1. The molecule has 0 aromatic heterocycles. The Hall–Kier alpha value is -0.830. The summed E-state index contributed by atoms with van der Waals surface area (Å²) in [7, 11) is 0. The quantitative estimate of drug-likeness (QED) is 0.293. The summed E-state index contributed by atoms with van der Waals surface area (Å²) in [6.07, 6.45) is 19.9. The van der Waals surface area contributed by atoms with E-state index in [1.54, 1.807) is 6.08 Å². The van der Waals surface area contributed by atoms with E-state index in [9.17, 15) is 4.79 Å². The molecule has 3 nitrogen and oxygen atoms in total. The Balaban J connectivity index is 3.14. The number of hydrogen-bond donors (Lipinski definition) is 2. The lowest BCUT2D eigenvalue weighted by atomic mass is 10.0. The summed E-state index contributed by atoms with van der Waals surface area (Å²) in [4.78, 5) is 10.4. The number of allylic oxidation sites excluding steroid dienone is 1. The molecule has 130 valence electrons. The van der Waals surface area contributed by atoms with Crippen LogP contribution in [0.3, 0.4) is 0 Å². The van der Waals surface area contributed by atoms with Crippen molar-refractivity contribution in [2.45, 2.75) is 103 Å². The van der Waals surface area contributed by atoms with Gasteiger partial charge in [-0.15, -0.1) is 0 Å². The highest BCUT2D eigenvalue weighted by molar-refractivity contribution is 5.72. The highest BCUT2D eigenvalue weighted by Gasteiger charge is 2.09. The first-order valence-electron chi connectivity index (χ1n) is 9.24. The number of carboxylic acid groups (broad SMARTS) is 1. The second-order valence-electron chi connectivity index (χ2n) is 6.24. The molecule has 1 atom stereocenters. The number of hydrogen-bond acceptors (Lipinski definition) is 2. The van der Waals surface area contributed by atoms with Crippen molar-refractivity contribution < 1.29 is 15.0 Å².